The van der Waals surface area contributed by atoms with E-state index in [1.54, 1.807) is 0 Å². The van der Waals surface area contributed by atoms with Gasteiger partial charge in [-0.15, -0.1) is 5.10 Å². The number of likely N-dealkylation sites (tertiary alicyclic amines) is 1. The summed E-state index contributed by atoms with van der Waals surface area (Å²) >= 11 is 0. The molecule has 1 fully saturated rings. The number of aryl methyl sites for hydroxylation is 1. The summed E-state index contributed by atoms with van der Waals surface area (Å²) < 4.78 is 0. The van der Waals surface area contributed by atoms with Gasteiger partial charge in [-0.25, -0.2) is 4.98 Å². The number of carbonyl (C=O) groups is 1. The van der Waals surface area contributed by atoms with Crippen LogP contribution in [-0.4, -0.2) is 52.7 Å². The Hall–Kier alpha value is -1.43. The van der Waals surface area contributed by atoms with Crippen LogP contribution in [0.15, 0.2) is 0 Å². The van der Waals surface area contributed by atoms with E-state index in [1.165, 1.54) is 6.42 Å². The van der Waals surface area contributed by atoms with Crippen LogP contribution in [0.1, 0.15) is 42.6 Å². The number of aromatic nitrogens is 3. The predicted molar refractivity (Wildman–Crippen MR) is 72.9 cm³/mol. The maximum atomic E-state index is 12.3. The van der Waals surface area contributed by atoms with Gasteiger partial charge in [-0.2, -0.15) is 0 Å². The second kappa shape index (κ2) is 6.65. The molecular weight excluding hydrogens is 242 g/mol. The number of amides is 1. The van der Waals surface area contributed by atoms with E-state index < -0.39 is 0 Å². The molecule has 0 saturated carbocycles. The Balaban J connectivity index is 1.97. The van der Waals surface area contributed by atoms with Crippen LogP contribution in [0.3, 0.4) is 0 Å². The summed E-state index contributed by atoms with van der Waals surface area (Å²) in [4.78, 5) is 18.5. The third-order valence-corrected chi connectivity index (χ3v) is 3.51. The minimum absolute atomic E-state index is 0.0422. The maximum Gasteiger partial charge on any atom is 0.293 e. The minimum atomic E-state index is -0.0422. The molecule has 2 N–H and O–H groups in total. The van der Waals surface area contributed by atoms with Gasteiger partial charge < -0.3 is 10.2 Å². The van der Waals surface area contributed by atoms with Crippen molar-refractivity contribution < 1.29 is 4.79 Å². The summed E-state index contributed by atoms with van der Waals surface area (Å²) in [5.41, 5.74) is 0. The quantitative estimate of drug-likeness (QED) is 0.827. The smallest absolute Gasteiger partial charge is 0.293 e. The number of piperidine rings is 1. The van der Waals surface area contributed by atoms with E-state index in [4.69, 9.17) is 0 Å². The van der Waals surface area contributed by atoms with Gasteiger partial charge in [0, 0.05) is 19.5 Å². The predicted octanol–water partition coefficient (Wildman–Crippen LogP) is 0.829. The van der Waals surface area contributed by atoms with Gasteiger partial charge in [-0.3, -0.25) is 9.89 Å². The van der Waals surface area contributed by atoms with Crippen LogP contribution in [0.25, 0.3) is 0 Å². The van der Waals surface area contributed by atoms with Crippen molar-refractivity contribution in [2.24, 2.45) is 5.92 Å². The lowest BCUT2D eigenvalue weighted by atomic mass is 9.98. The third kappa shape index (κ3) is 3.53. The average molecular weight is 265 g/mol. The van der Waals surface area contributed by atoms with Gasteiger partial charge in [0.2, 0.25) is 5.82 Å². The van der Waals surface area contributed by atoms with Gasteiger partial charge in [-0.1, -0.05) is 6.92 Å². The number of hydrogen-bond acceptors (Lipinski definition) is 4. The Kier molecular flexibility index (Phi) is 4.90. The van der Waals surface area contributed by atoms with E-state index in [0.29, 0.717) is 11.7 Å². The van der Waals surface area contributed by atoms with E-state index in [0.717, 1.165) is 44.7 Å². The normalized spacial score (nSPS) is 19.7. The van der Waals surface area contributed by atoms with Gasteiger partial charge >= 0.3 is 0 Å². The van der Waals surface area contributed by atoms with Crippen molar-refractivity contribution in [3.63, 3.8) is 0 Å². The minimum Gasteiger partial charge on any atom is -0.336 e. The number of carbonyl (C=O) groups excluding carboxylic acids is 1. The van der Waals surface area contributed by atoms with Gasteiger partial charge in [0.25, 0.3) is 5.91 Å². The highest BCUT2D eigenvalue weighted by Gasteiger charge is 2.26. The molecular formula is C13H23N5O. The van der Waals surface area contributed by atoms with Crippen molar-refractivity contribution >= 4 is 5.91 Å². The first-order valence-electron chi connectivity index (χ1n) is 7.09. The molecule has 0 radical (unpaired) electrons. The van der Waals surface area contributed by atoms with Crippen LogP contribution in [0.5, 0.6) is 0 Å². The standard InChI is InChI=1S/C13H23N5O/c1-3-5-11-15-12(17-16-11)13(19)18-7-4-6-10(9-18)8-14-2/h10,14H,3-9H2,1-2H3,(H,15,16,17). The maximum absolute atomic E-state index is 12.3. The highest BCUT2D eigenvalue weighted by molar-refractivity contribution is 5.90. The molecule has 1 unspecified atom stereocenters. The zero-order valence-electron chi connectivity index (χ0n) is 11.8. The summed E-state index contributed by atoms with van der Waals surface area (Å²) in [6.45, 7) is 4.66. The molecule has 0 bridgehead atoms. The fourth-order valence-electron chi connectivity index (χ4n) is 2.59. The van der Waals surface area contributed by atoms with E-state index in [1.807, 2.05) is 11.9 Å². The average Bonchev–Trinajstić information content (AvgIpc) is 2.88. The molecule has 1 atom stereocenters. The summed E-state index contributed by atoms with van der Waals surface area (Å²) in [6.07, 6.45) is 4.07. The fraction of sp³-hybridized carbons (Fsp3) is 0.769. The van der Waals surface area contributed by atoms with Crippen LogP contribution >= 0.6 is 0 Å². The molecule has 2 heterocycles. The van der Waals surface area contributed by atoms with Gasteiger partial charge in [0.15, 0.2) is 0 Å². The molecule has 1 aliphatic heterocycles. The van der Waals surface area contributed by atoms with Crippen molar-refractivity contribution in [2.45, 2.75) is 32.6 Å². The topological polar surface area (TPSA) is 73.9 Å². The zero-order valence-corrected chi connectivity index (χ0v) is 11.8. The first-order valence-corrected chi connectivity index (χ1v) is 7.09. The summed E-state index contributed by atoms with van der Waals surface area (Å²) in [6, 6.07) is 0. The van der Waals surface area contributed by atoms with Gasteiger partial charge in [0.05, 0.1) is 0 Å². The van der Waals surface area contributed by atoms with Crippen molar-refractivity contribution in [3.8, 4) is 0 Å². The van der Waals surface area contributed by atoms with E-state index >= 15 is 0 Å². The molecule has 1 aliphatic rings. The molecule has 1 aromatic heterocycles. The highest BCUT2D eigenvalue weighted by atomic mass is 16.2. The largest absolute Gasteiger partial charge is 0.336 e. The Morgan fingerprint density at radius 3 is 3.16 bits per heavy atom. The number of nitrogens with zero attached hydrogens (tertiary/aromatic N) is 3. The highest BCUT2D eigenvalue weighted by Crippen LogP contribution is 2.17. The molecule has 6 heteroatoms. The Bertz CT molecular complexity index is 415. The molecule has 1 saturated heterocycles. The van der Waals surface area contributed by atoms with E-state index in [-0.39, 0.29) is 5.91 Å². The number of rotatable bonds is 5. The Labute approximate surface area is 114 Å². The Morgan fingerprint density at radius 1 is 1.58 bits per heavy atom. The number of aromatic amines is 1. The number of H-pyrrole nitrogens is 1. The molecule has 0 spiro atoms. The molecule has 19 heavy (non-hydrogen) atoms. The molecule has 0 aromatic carbocycles. The van der Waals surface area contributed by atoms with Crippen LogP contribution in [0.2, 0.25) is 0 Å². The van der Waals surface area contributed by atoms with E-state index in [9.17, 15) is 4.79 Å². The third-order valence-electron chi connectivity index (χ3n) is 3.51. The fourth-order valence-corrected chi connectivity index (χ4v) is 2.59. The number of hydrogen-bond donors (Lipinski definition) is 2. The summed E-state index contributed by atoms with van der Waals surface area (Å²) in [7, 11) is 1.95. The van der Waals surface area contributed by atoms with Crippen molar-refractivity contribution in [1.82, 2.24) is 25.4 Å². The van der Waals surface area contributed by atoms with Crippen molar-refractivity contribution in [2.75, 3.05) is 26.7 Å². The lowest BCUT2D eigenvalue weighted by Crippen LogP contribution is -2.42. The van der Waals surface area contributed by atoms with E-state index in [2.05, 4.69) is 27.4 Å². The molecule has 1 amide bonds. The van der Waals surface area contributed by atoms with Gasteiger partial charge in [-0.05, 0) is 38.8 Å². The Morgan fingerprint density at radius 2 is 2.42 bits per heavy atom. The summed E-state index contributed by atoms with van der Waals surface area (Å²) in [5, 5.41) is 10.1. The first kappa shape index (κ1) is 14.0. The SMILES string of the molecule is CCCc1nc(C(=O)N2CCCC(CNC)C2)n[nH]1. The first-order chi connectivity index (χ1) is 9.24. The lowest BCUT2D eigenvalue weighted by molar-refractivity contribution is 0.0662. The monoisotopic (exact) mass is 265 g/mol. The van der Waals surface area contributed by atoms with Crippen molar-refractivity contribution in [3.05, 3.63) is 11.6 Å². The molecule has 2 rings (SSSR count). The van der Waals surface area contributed by atoms with Crippen LogP contribution < -0.4 is 5.32 Å². The zero-order chi connectivity index (χ0) is 13.7. The van der Waals surface area contributed by atoms with Crippen LogP contribution in [0, 0.1) is 5.92 Å². The van der Waals surface area contributed by atoms with Gasteiger partial charge in [0.1, 0.15) is 5.82 Å². The van der Waals surface area contributed by atoms with Crippen LogP contribution in [0.4, 0.5) is 0 Å². The second-order valence-electron chi connectivity index (χ2n) is 5.17. The van der Waals surface area contributed by atoms with Crippen molar-refractivity contribution in [1.29, 1.82) is 0 Å². The molecule has 6 nitrogen and oxygen atoms in total. The lowest BCUT2D eigenvalue weighted by Gasteiger charge is -2.31. The second-order valence-corrected chi connectivity index (χ2v) is 5.17. The molecule has 0 aliphatic carbocycles. The molecule has 106 valence electrons. The number of nitrogens with one attached hydrogen (secondary N) is 2. The molecule has 1 aromatic rings. The summed E-state index contributed by atoms with van der Waals surface area (Å²) in [5.74, 6) is 1.61. The van der Waals surface area contributed by atoms with Crippen LogP contribution in [-0.2, 0) is 6.42 Å².